The van der Waals surface area contributed by atoms with Crippen molar-refractivity contribution in [2.75, 3.05) is 6.54 Å². The van der Waals surface area contributed by atoms with Gasteiger partial charge in [-0.15, -0.1) is 10.2 Å². The second kappa shape index (κ2) is 6.35. The third-order valence-electron chi connectivity index (χ3n) is 3.12. The molecule has 1 aromatic heterocycles. The molecule has 0 radical (unpaired) electrons. The summed E-state index contributed by atoms with van der Waals surface area (Å²) in [6.07, 6.45) is 1.63. The van der Waals surface area contributed by atoms with Gasteiger partial charge in [-0.2, -0.15) is 0 Å². The van der Waals surface area contributed by atoms with Crippen LogP contribution in [0.3, 0.4) is 0 Å². The van der Waals surface area contributed by atoms with Gasteiger partial charge in [0.05, 0.1) is 0 Å². The molecule has 5 heteroatoms. The van der Waals surface area contributed by atoms with Gasteiger partial charge in [-0.05, 0) is 58.4 Å². The molecular formula is C16H22FN3O. The fourth-order valence-electron chi connectivity index (χ4n) is 1.99. The van der Waals surface area contributed by atoms with Gasteiger partial charge in [0.25, 0.3) is 0 Å². The summed E-state index contributed by atoms with van der Waals surface area (Å²) in [5.74, 6) is 0.667. The van der Waals surface area contributed by atoms with E-state index in [1.54, 1.807) is 6.07 Å². The highest BCUT2D eigenvalue weighted by atomic mass is 19.1. The van der Waals surface area contributed by atoms with E-state index in [0.29, 0.717) is 23.8 Å². The Morgan fingerprint density at radius 1 is 1.24 bits per heavy atom. The van der Waals surface area contributed by atoms with Crippen molar-refractivity contribution in [2.45, 2.75) is 46.1 Å². The lowest BCUT2D eigenvalue weighted by molar-refractivity contribution is 0.412. The third kappa shape index (κ3) is 4.63. The van der Waals surface area contributed by atoms with Crippen LogP contribution in [0.4, 0.5) is 4.39 Å². The van der Waals surface area contributed by atoms with E-state index < -0.39 is 0 Å². The Bertz CT molecular complexity index is 602. The number of halogens is 1. The van der Waals surface area contributed by atoms with Gasteiger partial charge in [0.15, 0.2) is 0 Å². The van der Waals surface area contributed by atoms with E-state index in [0.717, 1.165) is 18.5 Å². The van der Waals surface area contributed by atoms with Crippen molar-refractivity contribution in [1.29, 1.82) is 0 Å². The Hall–Kier alpha value is -1.75. The van der Waals surface area contributed by atoms with Crippen LogP contribution in [0.5, 0.6) is 0 Å². The number of hydrogen-bond acceptors (Lipinski definition) is 4. The first-order valence-corrected chi connectivity index (χ1v) is 7.19. The van der Waals surface area contributed by atoms with Crippen LogP contribution in [-0.4, -0.2) is 22.3 Å². The summed E-state index contributed by atoms with van der Waals surface area (Å²) in [4.78, 5) is 0. The first-order valence-electron chi connectivity index (χ1n) is 7.19. The quantitative estimate of drug-likeness (QED) is 0.857. The molecule has 0 spiro atoms. The predicted molar refractivity (Wildman–Crippen MR) is 80.5 cm³/mol. The van der Waals surface area contributed by atoms with Crippen molar-refractivity contribution in [3.8, 4) is 11.5 Å². The highest BCUT2D eigenvalue weighted by molar-refractivity contribution is 5.57. The topological polar surface area (TPSA) is 51.0 Å². The maximum absolute atomic E-state index is 13.3. The Kier molecular flexibility index (Phi) is 4.73. The minimum Gasteiger partial charge on any atom is -0.421 e. The second-order valence-electron chi connectivity index (χ2n) is 6.24. The molecule has 0 fully saturated rings. The molecule has 0 atom stereocenters. The van der Waals surface area contributed by atoms with Gasteiger partial charge in [-0.3, -0.25) is 0 Å². The second-order valence-corrected chi connectivity index (χ2v) is 6.24. The zero-order chi connectivity index (χ0) is 15.5. The van der Waals surface area contributed by atoms with Gasteiger partial charge in [0, 0.05) is 17.5 Å². The monoisotopic (exact) mass is 291 g/mol. The van der Waals surface area contributed by atoms with E-state index >= 15 is 0 Å². The highest BCUT2D eigenvalue weighted by Crippen LogP contribution is 2.23. The smallest absolute Gasteiger partial charge is 0.248 e. The van der Waals surface area contributed by atoms with E-state index in [9.17, 15) is 4.39 Å². The number of hydrogen-bond donors (Lipinski definition) is 1. The van der Waals surface area contributed by atoms with Crippen LogP contribution in [0.2, 0.25) is 0 Å². The molecular weight excluding hydrogens is 269 g/mol. The lowest BCUT2D eigenvalue weighted by Crippen LogP contribution is -2.36. The van der Waals surface area contributed by atoms with Crippen molar-refractivity contribution in [3.05, 3.63) is 35.5 Å². The van der Waals surface area contributed by atoms with Gasteiger partial charge in [-0.1, -0.05) is 6.07 Å². The van der Waals surface area contributed by atoms with Gasteiger partial charge in [0.1, 0.15) is 5.82 Å². The number of rotatable bonds is 5. The number of benzene rings is 1. The average molecular weight is 291 g/mol. The molecule has 0 aliphatic heterocycles. The van der Waals surface area contributed by atoms with Crippen molar-refractivity contribution in [1.82, 2.24) is 15.5 Å². The van der Waals surface area contributed by atoms with Gasteiger partial charge in [-0.25, -0.2) is 4.39 Å². The Morgan fingerprint density at radius 3 is 2.71 bits per heavy atom. The van der Waals surface area contributed by atoms with Crippen molar-refractivity contribution < 1.29 is 8.81 Å². The van der Waals surface area contributed by atoms with E-state index in [1.807, 2.05) is 6.92 Å². The molecule has 0 aliphatic carbocycles. The van der Waals surface area contributed by atoms with Crippen LogP contribution in [0.15, 0.2) is 22.6 Å². The number of nitrogens with zero attached hydrogens (tertiary/aromatic N) is 2. The van der Waals surface area contributed by atoms with E-state index in [4.69, 9.17) is 4.42 Å². The molecule has 0 amide bonds. The summed E-state index contributed by atoms with van der Waals surface area (Å²) in [5, 5.41) is 11.5. The molecule has 21 heavy (non-hydrogen) atoms. The molecule has 2 rings (SSSR count). The third-order valence-corrected chi connectivity index (χ3v) is 3.12. The molecule has 0 unspecified atom stereocenters. The summed E-state index contributed by atoms with van der Waals surface area (Å²) in [7, 11) is 0. The molecule has 1 N–H and O–H groups in total. The normalized spacial score (nSPS) is 11.9. The minimum atomic E-state index is -0.301. The lowest BCUT2D eigenvalue weighted by atomic mass is 10.1. The van der Waals surface area contributed by atoms with Crippen LogP contribution >= 0.6 is 0 Å². The molecule has 0 bridgehead atoms. The zero-order valence-corrected chi connectivity index (χ0v) is 13.0. The Labute approximate surface area is 124 Å². The van der Waals surface area contributed by atoms with Crippen LogP contribution in [0.25, 0.3) is 11.5 Å². The van der Waals surface area contributed by atoms with E-state index in [2.05, 4.69) is 36.3 Å². The predicted octanol–water partition coefficient (Wildman–Crippen LogP) is 3.50. The van der Waals surface area contributed by atoms with Crippen LogP contribution in [0, 0.1) is 12.7 Å². The molecule has 4 nitrogen and oxygen atoms in total. The average Bonchev–Trinajstić information content (AvgIpc) is 2.85. The molecule has 1 heterocycles. The van der Waals surface area contributed by atoms with Crippen LogP contribution < -0.4 is 5.32 Å². The van der Waals surface area contributed by atoms with Crippen LogP contribution in [0.1, 0.15) is 38.6 Å². The summed E-state index contributed by atoms with van der Waals surface area (Å²) in [5.41, 5.74) is 1.68. The first kappa shape index (κ1) is 15.6. The Morgan fingerprint density at radius 2 is 2.00 bits per heavy atom. The molecule has 0 saturated carbocycles. The van der Waals surface area contributed by atoms with Crippen molar-refractivity contribution >= 4 is 0 Å². The standard InChI is InChI=1S/C16H22FN3O/c1-11-7-8-12(17)10-13(11)15-20-19-14(21-15)6-5-9-18-16(2,3)4/h7-8,10,18H,5-6,9H2,1-4H3. The van der Waals surface area contributed by atoms with Gasteiger partial charge < -0.3 is 9.73 Å². The fraction of sp³-hybridized carbons (Fsp3) is 0.500. The molecule has 2 aromatic rings. The molecule has 0 saturated heterocycles. The van der Waals surface area contributed by atoms with Crippen molar-refractivity contribution in [3.63, 3.8) is 0 Å². The molecule has 1 aromatic carbocycles. The number of aryl methyl sites for hydroxylation is 2. The summed E-state index contributed by atoms with van der Waals surface area (Å²) < 4.78 is 18.9. The van der Waals surface area contributed by atoms with E-state index in [-0.39, 0.29) is 11.4 Å². The maximum Gasteiger partial charge on any atom is 0.248 e. The maximum atomic E-state index is 13.3. The molecule has 114 valence electrons. The van der Waals surface area contributed by atoms with Crippen LogP contribution in [-0.2, 0) is 6.42 Å². The summed E-state index contributed by atoms with van der Waals surface area (Å²) in [6, 6.07) is 4.56. The van der Waals surface area contributed by atoms with Gasteiger partial charge >= 0.3 is 0 Å². The molecule has 0 aliphatic rings. The SMILES string of the molecule is Cc1ccc(F)cc1-c1nnc(CCCNC(C)(C)C)o1. The largest absolute Gasteiger partial charge is 0.421 e. The number of aromatic nitrogens is 2. The lowest BCUT2D eigenvalue weighted by Gasteiger charge is -2.19. The van der Waals surface area contributed by atoms with Gasteiger partial charge in [0.2, 0.25) is 11.8 Å². The van der Waals surface area contributed by atoms with E-state index in [1.165, 1.54) is 12.1 Å². The highest BCUT2D eigenvalue weighted by Gasteiger charge is 2.12. The summed E-state index contributed by atoms with van der Waals surface area (Å²) in [6.45, 7) is 9.17. The van der Waals surface area contributed by atoms with Crippen molar-refractivity contribution in [2.24, 2.45) is 0 Å². The Balaban J connectivity index is 1.97. The zero-order valence-electron chi connectivity index (χ0n) is 13.0. The summed E-state index contributed by atoms with van der Waals surface area (Å²) >= 11 is 0. The minimum absolute atomic E-state index is 0.110. The first-order chi connectivity index (χ1) is 9.85. The fourth-order valence-corrected chi connectivity index (χ4v) is 1.99. The number of nitrogens with one attached hydrogen (secondary N) is 1.